The minimum Gasteiger partial charge on any atom is -0.465 e. The highest BCUT2D eigenvalue weighted by atomic mass is 16.5. The summed E-state index contributed by atoms with van der Waals surface area (Å²) < 4.78 is 4.70. The number of hydrogen-bond donors (Lipinski definition) is 2. The quantitative estimate of drug-likeness (QED) is 0.670. The third-order valence-electron chi connectivity index (χ3n) is 3.20. The molecule has 0 saturated heterocycles. The van der Waals surface area contributed by atoms with E-state index in [2.05, 4.69) is 5.32 Å². The lowest BCUT2D eigenvalue weighted by molar-refractivity contribution is 0.0602. The van der Waals surface area contributed by atoms with Crippen molar-refractivity contribution in [3.63, 3.8) is 0 Å². The molecule has 2 aromatic rings. The summed E-state index contributed by atoms with van der Waals surface area (Å²) in [6.45, 7) is 1.77. The van der Waals surface area contributed by atoms with Crippen LogP contribution in [0.25, 0.3) is 0 Å². The zero-order chi connectivity index (χ0) is 15.4. The van der Waals surface area contributed by atoms with Gasteiger partial charge in [0.15, 0.2) is 0 Å². The number of ether oxygens (including phenoxy) is 1. The lowest BCUT2D eigenvalue weighted by Crippen LogP contribution is -2.16. The van der Waals surface area contributed by atoms with Crippen molar-refractivity contribution in [2.45, 2.75) is 6.92 Å². The van der Waals surface area contributed by atoms with Crippen LogP contribution in [0.5, 0.6) is 0 Å². The van der Waals surface area contributed by atoms with Gasteiger partial charge in [-0.2, -0.15) is 0 Å². The molecule has 0 aromatic heterocycles. The smallest absolute Gasteiger partial charge is 0.339 e. The summed E-state index contributed by atoms with van der Waals surface area (Å²) in [5.74, 6) is -0.827. The Kier molecular flexibility index (Phi) is 4.23. The molecular weight excluding hydrogens is 268 g/mol. The predicted molar refractivity (Wildman–Crippen MR) is 81.3 cm³/mol. The molecule has 0 unspecified atom stereocenters. The van der Waals surface area contributed by atoms with Crippen LogP contribution in [0.2, 0.25) is 0 Å². The number of rotatable bonds is 3. The number of benzene rings is 2. The summed E-state index contributed by atoms with van der Waals surface area (Å²) in [5.41, 5.74) is 8.21. The van der Waals surface area contributed by atoms with Crippen molar-refractivity contribution in [1.82, 2.24) is 0 Å². The summed E-state index contributed by atoms with van der Waals surface area (Å²) >= 11 is 0. The van der Waals surface area contributed by atoms with Crippen LogP contribution in [-0.4, -0.2) is 19.0 Å². The molecule has 0 heterocycles. The Labute approximate surface area is 122 Å². The van der Waals surface area contributed by atoms with Crippen molar-refractivity contribution >= 4 is 23.3 Å². The van der Waals surface area contributed by atoms with Gasteiger partial charge in [0, 0.05) is 11.3 Å². The van der Waals surface area contributed by atoms with E-state index in [0.29, 0.717) is 28.1 Å². The van der Waals surface area contributed by atoms with Gasteiger partial charge >= 0.3 is 5.97 Å². The first-order valence-electron chi connectivity index (χ1n) is 6.38. The maximum Gasteiger partial charge on any atom is 0.339 e. The van der Waals surface area contributed by atoms with Crippen LogP contribution in [0.3, 0.4) is 0 Å². The largest absolute Gasteiger partial charge is 0.465 e. The molecule has 5 heteroatoms. The number of carbonyl (C=O) groups is 2. The van der Waals surface area contributed by atoms with Gasteiger partial charge in [-0.15, -0.1) is 0 Å². The minimum atomic E-state index is -0.504. The summed E-state index contributed by atoms with van der Waals surface area (Å²) in [6.07, 6.45) is 0. The van der Waals surface area contributed by atoms with E-state index in [0.717, 1.165) is 0 Å². The standard InChI is InChI=1S/C16H16N2O3/c1-10-11(7-5-8-13(10)17)15(19)18-14-9-4-3-6-12(14)16(20)21-2/h3-9H,17H2,1-2H3,(H,18,19). The van der Waals surface area contributed by atoms with Crippen molar-refractivity contribution in [3.05, 3.63) is 59.2 Å². The first-order chi connectivity index (χ1) is 10.0. The Balaban J connectivity index is 2.32. The van der Waals surface area contributed by atoms with E-state index in [9.17, 15) is 9.59 Å². The maximum absolute atomic E-state index is 12.3. The molecule has 108 valence electrons. The molecule has 3 N–H and O–H groups in total. The van der Waals surface area contributed by atoms with E-state index >= 15 is 0 Å². The van der Waals surface area contributed by atoms with Gasteiger partial charge < -0.3 is 15.8 Å². The minimum absolute atomic E-state index is 0.301. The molecule has 0 spiro atoms. The number of para-hydroxylation sites is 1. The summed E-state index contributed by atoms with van der Waals surface area (Å²) in [4.78, 5) is 24.0. The third kappa shape index (κ3) is 3.02. The molecule has 0 aliphatic heterocycles. The molecule has 0 saturated carbocycles. The van der Waals surface area contributed by atoms with Crippen LogP contribution in [0.1, 0.15) is 26.3 Å². The highest BCUT2D eigenvalue weighted by Gasteiger charge is 2.15. The number of nitrogens with one attached hydrogen (secondary N) is 1. The average molecular weight is 284 g/mol. The number of nitrogen functional groups attached to an aromatic ring is 1. The van der Waals surface area contributed by atoms with Gasteiger partial charge in [0.25, 0.3) is 5.91 Å². The van der Waals surface area contributed by atoms with Crippen LogP contribution >= 0.6 is 0 Å². The monoisotopic (exact) mass is 284 g/mol. The van der Waals surface area contributed by atoms with Gasteiger partial charge in [-0.1, -0.05) is 18.2 Å². The normalized spacial score (nSPS) is 10.0. The van der Waals surface area contributed by atoms with Crippen LogP contribution in [0.15, 0.2) is 42.5 Å². The first-order valence-corrected chi connectivity index (χ1v) is 6.38. The number of carbonyl (C=O) groups excluding carboxylic acids is 2. The predicted octanol–water partition coefficient (Wildman–Crippen LogP) is 2.62. The summed E-state index contributed by atoms with van der Waals surface area (Å²) in [7, 11) is 1.29. The molecule has 21 heavy (non-hydrogen) atoms. The van der Waals surface area contributed by atoms with Gasteiger partial charge in [-0.05, 0) is 36.8 Å². The Morgan fingerprint density at radius 3 is 2.43 bits per heavy atom. The van der Waals surface area contributed by atoms with Crippen molar-refractivity contribution in [2.24, 2.45) is 0 Å². The van der Waals surface area contributed by atoms with E-state index in [-0.39, 0.29) is 5.91 Å². The molecule has 0 radical (unpaired) electrons. The third-order valence-corrected chi connectivity index (χ3v) is 3.20. The average Bonchev–Trinajstić information content (AvgIpc) is 2.49. The molecule has 0 aliphatic carbocycles. The Bertz CT molecular complexity index is 696. The van der Waals surface area contributed by atoms with E-state index in [1.165, 1.54) is 7.11 Å². The van der Waals surface area contributed by atoms with Crippen molar-refractivity contribution in [2.75, 3.05) is 18.2 Å². The van der Waals surface area contributed by atoms with Gasteiger partial charge in [-0.25, -0.2) is 4.79 Å². The SMILES string of the molecule is COC(=O)c1ccccc1NC(=O)c1cccc(N)c1C. The highest BCUT2D eigenvalue weighted by molar-refractivity contribution is 6.09. The van der Waals surface area contributed by atoms with Gasteiger partial charge in [0.2, 0.25) is 0 Å². The Hall–Kier alpha value is -2.82. The van der Waals surface area contributed by atoms with E-state index in [1.807, 2.05) is 0 Å². The highest BCUT2D eigenvalue weighted by Crippen LogP contribution is 2.20. The first kappa shape index (κ1) is 14.6. The zero-order valence-corrected chi connectivity index (χ0v) is 11.8. The lowest BCUT2D eigenvalue weighted by atomic mass is 10.1. The molecule has 2 aromatic carbocycles. The number of anilines is 2. The fourth-order valence-electron chi connectivity index (χ4n) is 1.97. The molecule has 5 nitrogen and oxygen atoms in total. The molecule has 2 rings (SSSR count). The molecule has 0 bridgehead atoms. The van der Waals surface area contributed by atoms with Crippen LogP contribution in [0, 0.1) is 6.92 Å². The number of methoxy groups -OCH3 is 1. The fourth-order valence-corrected chi connectivity index (χ4v) is 1.97. The number of hydrogen-bond acceptors (Lipinski definition) is 4. The second kappa shape index (κ2) is 6.09. The molecular formula is C16H16N2O3. The topological polar surface area (TPSA) is 81.4 Å². The van der Waals surface area contributed by atoms with E-state index in [1.54, 1.807) is 49.4 Å². The molecule has 0 fully saturated rings. The van der Waals surface area contributed by atoms with Gasteiger partial charge in [0.05, 0.1) is 18.4 Å². The second-order valence-electron chi connectivity index (χ2n) is 4.51. The zero-order valence-electron chi connectivity index (χ0n) is 11.8. The van der Waals surface area contributed by atoms with Gasteiger partial charge in [-0.3, -0.25) is 4.79 Å². The molecule has 1 amide bonds. The van der Waals surface area contributed by atoms with Crippen molar-refractivity contribution < 1.29 is 14.3 Å². The second-order valence-corrected chi connectivity index (χ2v) is 4.51. The van der Waals surface area contributed by atoms with Crippen LogP contribution in [0.4, 0.5) is 11.4 Å². The lowest BCUT2D eigenvalue weighted by Gasteiger charge is -2.11. The molecule has 0 aliphatic rings. The maximum atomic E-state index is 12.3. The van der Waals surface area contributed by atoms with E-state index in [4.69, 9.17) is 10.5 Å². The van der Waals surface area contributed by atoms with Gasteiger partial charge in [0.1, 0.15) is 0 Å². The Morgan fingerprint density at radius 1 is 1.05 bits per heavy atom. The fraction of sp³-hybridized carbons (Fsp3) is 0.125. The summed E-state index contributed by atoms with van der Waals surface area (Å²) in [5, 5.41) is 2.71. The number of esters is 1. The number of amides is 1. The van der Waals surface area contributed by atoms with Crippen molar-refractivity contribution in [1.29, 1.82) is 0 Å². The number of nitrogens with two attached hydrogens (primary N) is 1. The van der Waals surface area contributed by atoms with Crippen molar-refractivity contribution in [3.8, 4) is 0 Å². The van der Waals surface area contributed by atoms with Crippen LogP contribution < -0.4 is 11.1 Å². The Morgan fingerprint density at radius 2 is 1.71 bits per heavy atom. The van der Waals surface area contributed by atoms with E-state index < -0.39 is 5.97 Å². The van der Waals surface area contributed by atoms with Crippen LogP contribution in [-0.2, 0) is 4.74 Å². The molecule has 0 atom stereocenters. The summed E-state index contributed by atoms with van der Waals surface area (Å²) in [6, 6.07) is 11.8.